The van der Waals surface area contributed by atoms with Gasteiger partial charge in [-0.2, -0.15) is 0 Å². The largest absolute Gasteiger partial charge is 0.477 e. The molecule has 1 aliphatic rings. The van der Waals surface area contributed by atoms with E-state index < -0.39 is 23.2 Å². The first-order chi connectivity index (χ1) is 11.5. The number of aromatic carboxylic acids is 1. The van der Waals surface area contributed by atoms with Crippen molar-refractivity contribution >= 4 is 5.97 Å². The summed E-state index contributed by atoms with van der Waals surface area (Å²) in [5.41, 5.74) is 0.859. The van der Waals surface area contributed by atoms with Gasteiger partial charge < -0.3 is 5.11 Å². The normalized spacial score (nSPS) is 17.0. The van der Waals surface area contributed by atoms with Crippen LogP contribution in [0, 0.1) is 11.6 Å². The van der Waals surface area contributed by atoms with E-state index in [4.69, 9.17) is 5.11 Å². The number of carboxylic acids is 1. The average Bonchev–Trinajstić information content (AvgIpc) is 2.54. The van der Waals surface area contributed by atoms with Crippen molar-refractivity contribution in [3.05, 3.63) is 58.7 Å². The summed E-state index contributed by atoms with van der Waals surface area (Å²) in [5, 5.41) is 8.82. The Morgan fingerprint density at radius 1 is 1.17 bits per heavy atom. The Bertz CT molecular complexity index is 624. The minimum Gasteiger partial charge on any atom is -0.477 e. The van der Waals surface area contributed by atoms with E-state index in [2.05, 4.69) is 13.0 Å². The number of carboxylic acid groups (broad SMARTS) is 1. The van der Waals surface area contributed by atoms with Crippen LogP contribution >= 0.6 is 0 Å². The molecular formula is C20H24F2O2. The molecule has 1 unspecified atom stereocenters. The van der Waals surface area contributed by atoms with Gasteiger partial charge in [0.1, 0.15) is 17.2 Å². The molecule has 1 aromatic rings. The van der Waals surface area contributed by atoms with Gasteiger partial charge in [-0.15, -0.1) is 0 Å². The molecule has 0 radical (unpaired) electrons. The monoisotopic (exact) mass is 334 g/mol. The summed E-state index contributed by atoms with van der Waals surface area (Å²) < 4.78 is 27.6. The Kier molecular flexibility index (Phi) is 6.71. The smallest absolute Gasteiger partial charge is 0.341 e. The van der Waals surface area contributed by atoms with Gasteiger partial charge in [0.15, 0.2) is 0 Å². The molecule has 0 aromatic heterocycles. The maximum atomic E-state index is 13.8. The van der Waals surface area contributed by atoms with Gasteiger partial charge in [-0.3, -0.25) is 0 Å². The van der Waals surface area contributed by atoms with Crippen molar-refractivity contribution in [2.45, 2.75) is 57.8 Å². The number of allylic oxidation sites excluding steroid dienone is 4. The highest BCUT2D eigenvalue weighted by molar-refractivity contribution is 5.88. The summed E-state index contributed by atoms with van der Waals surface area (Å²) in [6.07, 6.45) is 14.0. The van der Waals surface area contributed by atoms with E-state index in [1.165, 1.54) is 31.3 Å². The second-order valence-corrected chi connectivity index (χ2v) is 6.31. The maximum absolute atomic E-state index is 13.8. The summed E-state index contributed by atoms with van der Waals surface area (Å²) in [5.74, 6) is -3.73. The van der Waals surface area contributed by atoms with Crippen molar-refractivity contribution in [3.63, 3.8) is 0 Å². The van der Waals surface area contributed by atoms with Gasteiger partial charge in [0.05, 0.1) is 0 Å². The Hall–Kier alpha value is -1.97. The van der Waals surface area contributed by atoms with E-state index in [0.29, 0.717) is 12.0 Å². The molecule has 24 heavy (non-hydrogen) atoms. The fourth-order valence-corrected chi connectivity index (χ4v) is 3.04. The van der Waals surface area contributed by atoms with Gasteiger partial charge in [-0.25, -0.2) is 13.6 Å². The number of hydrogen-bond acceptors (Lipinski definition) is 1. The first-order valence-corrected chi connectivity index (χ1v) is 8.62. The molecule has 0 amide bonds. The topological polar surface area (TPSA) is 37.3 Å². The fourth-order valence-electron chi connectivity index (χ4n) is 3.04. The molecule has 130 valence electrons. The zero-order chi connectivity index (χ0) is 17.5. The van der Waals surface area contributed by atoms with Crippen molar-refractivity contribution in [1.29, 1.82) is 0 Å². The summed E-state index contributed by atoms with van der Waals surface area (Å²) in [6, 6.07) is 2.26. The van der Waals surface area contributed by atoms with Gasteiger partial charge in [0.25, 0.3) is 0 Å². The molecule has 0 bridgehead atoms. The summed E-state index contributed by atoms with van der Waals surface area (Å²) in [4.78, 5) is 10.8. The molecule has 0 fully saturated rings. The SMILES string of the molecule is CCCCCCCC1=CCC(c2cc(F)c(C(=O)O)c(F)c2)C=C1. The number of hydrogen-bond donors (Lipinski definition) is 1. The Labute approximate surface area is 141 Å². The van der Waals surface area contributed by atoms with Crippen molar-refractivity contribution in [1.82, 2.24) is 0 Å². The standard InChI is InChI=1S/C20H24F2O2/c1-2-3-4-5-6-7-14-8-10-15(11-9-14)16-12-17(21)19(20(23)24)18(22)13-16/h8-10,12-13,15H,2-7,11H2,1H3,(H,23,24). The van der Waals surface area contributed by atoms with Gasteiger partial charge in [0.2, 0.25) is 0 Å². The lowest BCUT2D eigenvalue weighted by Crippen LogP contribution is -2.08. The second kappa shape index (κ2) is 8.76. The van der Waals surface area contributed by atoms with Crippen molar-refractivity contribution in [2.24, 2.45) is 0 Å². The minimum absolute atomic E-state index is 0.110. The third kappa shape index (κ3) is 4.76. The molecule has 4 heteroatoms. The van der Waals surface area contributed by atoms with E-state index in [-0.39, 0.29) is 5.92 Å². The Balaban J connectivity index is 1.95. The Morgan fingerprint density at radius 3 is 2.38 bits per heavy atom. The summed E-state index contributed by atoms with van der Waals surface area (Å²) >= 11 is 0. The second-order valence-electron chi connectivity index (χ2n) is 6.31. The highest BCUT2D eigenvalue weighted by atomic mass is 19.1. The number of carbonyl (C=O) groups is 1. The first kappa shape index (κ1) is 18.4. The predicted octanol–water partition coefficient (Wildman–Crippen LogP) is 5.99. The van der Waals surface area contributed by atoms with E-state index in [9.17, 15) is 13.6 Å². The molecule has 0 aliphatic heterocycles. The van der Waals surface area contributed by atoms with Gasteiger partial charge in [0, 0.05) is 5.92 Å². The third-order valence-corrected chi connectivity index (χ3v) is 4.45. The van der Waals surface area contributed by atoms with Crippen LogP contribution in [0.3, 0.4) is 0 Å². The van der Waals surface area contributed by atoms with Crippen molar-refractivity contribution in [2.75, 3.05) is 0 Å². The van der Waals surface area contributed by atoms with Crippen LogP contribution in [0.1, 0.15) is 73.7 Å². The lowest BCUT2D eigenvalue weighted by molar-refractivity contribution is 0.0686. The Morgan fingerprint density at radius 2 is 1.83 bits per heavy atom. The van der Waals surface area contributed by atoms with Gasteiger partial charge >= 0.3 is 5.97 Å². The summed E-state index contributed by atoms with van der Waals surface area (Å²) in [6.45, 7) is 2.20. The van der Waals surface area contributed by atoms with Crippen LogP contribution in [0.25, 0.3) is 0 Å². The number of rotatable bonds is 8. The third-order valence-electron chi connectivity index (χ3n) is 4.45. The molecule has 2 rings (SSSR count). The first-order valence-electron chi connectivity index (χ1n) is 8.62. The van der Waals surface area contributed by atoms with Crippen LogP contribution in [0.4, 0.5) is 8.78 Å². The van der Waals surface area contributed by atoms with Crippen LogP contribution in [0.15, 0.2) is 35.9 Å². The van der Waals surface area contributed by atoms with Crippen LogP contribution < -0.4 is 0 Å². The lowest BCUT2D eigenvalue weighted by atomic mass is 9.88. The number of benzene rings is 1. The minimum atomic E-state index is -1.58. The number of halogens is 2. The van der Waals surface area contributed by atoms with Gasteiger partial charge in [-0.05, 0) is 37.0 Å². The zero-order valence-electron chi connectivity index (χ0n) is 14.0. The van der Waals surface area contributed by atoms with E-state index in [1.54, 1.807) is 0 Å². The van der Waals surface area contributed by atoms with Crippen LogP contribution in [0.2, 0.25) is 0 Å². The fraction of sp³-hybridized carbons (Fsp3) is 0.450. The zero-order valence-corrected chi connectivity index (χ0v) is 14.0. The van der Waals surface area contributed by atoms with Crippen LogP contribution in [-0.2, 0) is 0 Å². The molecule has 1 N–H and O–H groups in total. The predicted molar refractivity (Wildman–Crippen MR) is 91.3 cm³/mol. The highest BCUT2D eigenvalue weighted by Crippen LogP contribution is 2.30. The quantitative estimate of drug-likeness (QED) is 0.593. The maximum Gasteiger partial charge on any atom is 0.341 e. The lowest BCUT2D eigenvalue weighted by Gasteiger charge is -2.17. The molecular weight excluding hydrogens is 310 g/mol. The van der Waals surface area contributed by atoms with Gasteiger partial charge in [-0.1, -0.05) is 56.4 Å². The van der Waals surface area contributed by atoms with Crippen molar-refractivity contribution in [3.8, 4) is 0 Å². The van der Waals surface area contributed by atoms with Crippen molar-refractivity contribution < 1.29 is 18.7 Å². The average molecular weight is 334 g/mol. The molecule has 1 aromatic carbocycles. The van der Waals surface area contributed by atoms with Crippen LogP contribution in [-0.4, -0.2) is 11.1 Å². The molecule has 0 saturated heterocycles. The molecule has 1 atom stereocenters. The summed E-state index contributed by atoms with van der Waals surface area (Å²) in [7, 11) is 0. The number of unbranched alkanes of at least 4 members (excludes halogenated alkanes) is 4. The molecule has 2 nitrogen and oxygen atoms in total. The molecule has 0 heterocycles. The molecule has 0 saturated carbocycles. The van der Waals surface area contributed by atoms with E-state index in [0.717, 1.165) is 25.0 Å². The molecule has 1 aliphatic carbocycles. The van der Waals surface area contributed by atoms with E-state index in [1.807, 2.05) is 12.2 Å². The highest BCUT2D eigenvalue weighted by Gasteiger charge is 2.20. The van der Waals surface area contributed by atoms with Crippen LogP contribution in [0.5, 0.6) is 0 Å². The molecule has 0 spiro atoms. The van der Waals surface area contributed by atoms with E-state index >= 15 is 0 Å².